The first kappa shape index (κ1) is 3.94. The smallest absolute Gasteiger partial charge is 0.0210 e. The highest BCUT2D eigenvalue weighted by Crippen LogP contribution is 2.54. The molecule has 3 fully saturated rings. The third-order valence-corrected chi connectivity index (χ3v) is 2.72. The van der Waals surface area contributed by atoms with Crippen molar-refractivity contribution in [3.05, 3.63) is 5.92 Å². The van der Waals surface area contributed by atoms with Crippen molar-refractivity contribution in [3.63, 3.8) is 0 Å². The predicted molar refractivity (Wildman–Crippen MR) is 29.7 cm³/mol. The van der Waals surface area contributed by atoms with Crippen LogP contribution in [-0.4, -0.2) is 0 Å². The monoisotopic (exact) mass is 95.1 g/mol. The van der Waals surface area contributed by atoms with E-state index in [1.807, 2.05) is 0 Å². The van der Waals surface area contributed by atoms with Gasteiger partial charge >= 0.3 is 0 Å². The minimum absolute atomic E-state index is 1.07. The van der Waals surface area contributed by atoms with Gasteiger partial charge in [0.2, 0.25) is 0 Å². The van der Waals surface area contributed by atoms with Gasteiger partial charge in [0.25, 0.3) is 0 Å². The standard InChI is InChI=1S/C7H11/c1-5-6-2-3-7(5)4-6/h6-7H,2-4H2,1H3. The number of hydrogen-bond acceptors (Lipinski definition) is 0. The lowest BCUT2D eigenvalue weighted by Gasteiger charge is -2.31. The average molecular weight is 95.2 g/mol. The van der Waals surface area contributed by atoms with Gasteiger partial charge in [0.15, 0.2) is 0 Å². The van der Waals surface area contributed by atoms with E-state index in [0.29, 0.717) is 0 Å². The largest absolute Gasteiger partial charge is 0.0586 e. The zero-order valence-corrected chi connectivity index (χ0v) is 4.78. The molecule has 0 heterocycles. The second-order valence-electron chi connectivity index (χ2n) is 2.95. The van der Waals surface area contributed by atoms with Crippen molar-refractivity contribution in [1.29, 1.82) is 0 Å². The van der Waals surface area contributed by atoms with E-state index in [2.05, 4.69) is 6.92 Å². The van der Waals surface area contributed by atoms with Crippen LogP contribution in [0.25, 0.3) is 0 Å². The molecule has 39 valence electrons. The molecule has 0 saturated heterocycles. The first-order chi connectivity index (χ1) is 3.38. The van der Waals surface area contributed by atoms with Crippen LogP contribution in [0.15, 0.2) is 0 Å². The van der Waals surface area contributed by atoms with E-state index >= 15 is 0 Å². The van der Waals surface area contributed by atoms with Gasteiger partial charge in [-0.05, 0) is 37.0 Å². The Morgan fingerprint density at radius 3 is 2.00 bits per heavy atom. The van der Waals surface area contributed by atoms with Crippen LogP contribution in [0.4, 0.5) is 0 Å². The molecule has 2 bridgehead atoms. The third kappa shape index (κ3) is 0.332. The van der Waals surface area contributed by atoms with E-state index in [1.165, 1.54) is 19.3 Å². The van der Waals surface area contributed by atoms with E-state index in [4.69, 9.17) is 0 Å². The van der Waals surface area contributed by atoms with Gasteiger partial charge in [-0.15, -0.1) is 0 Å². The third-order valence-electron chi connectivity index (χ3n) is 2.72. The first-order valence-electron chi connectivity index (χ1n) is 3.21. The zero-order valence-electron chi connectivity index (χ0n) is 4.78. The highest BCUT2D eigenvalue weighted by molar-refractivity contribution is 5.14. The summed E-state index contributed by atoms with van der Waals surface area (Å²) in [6, 6.07) is 0. The van der Waals surface area contributed by atoms with Crippen LogP contribution >= 0.6 is 0 Å². The maximum atomic E-state index is 2.33. The van der Waals surface area contributed by atoms with Crippen molar-refractivity contribution in [2.24, 2.45) is 11.8 Å². The Bertz CT molecular complexity index is 72.0. The van der Waals surface area contributed by atoms with Crippen molar-refractivity contribution < 1.29 is 0 Å². The Morgan fingerprint density at radius 2 is 1.86 bits per heavy atom. The molecule has 1 radical (unpaired) electrons. The molecule has 0 spiro atoms. The summed E-state index contributed by atoms with van der Waals surface area (Å²) in [5.41, 5.74) is 0. The second-order valence-corrected chi connectivity index (χ2v) is 2.95. The van der Waals surface area contributed by atoms with Crippen LogP contribution in [0.2, 0.25) is 0 Å². The molecule has 0 aromatic carbocycles. The average Bonchev–Trinajstić information content (AvgIpc) is 2.18. The molecule has 0 amide bonds. The van der Waals surface area contributed by atoms with Crippen LogP contribution in [0, 0.1) is 17.8 Å². The fourth-order valence-electron chi connectivity index (χ4n) is 1.98. The van der Waals surface area contributed by atoms with Gasteiger partial charge in [-0.25, -0.2) is 0 Å². The summed E-state index contributed by atoms with van der Waals surface area (Å²) in [5.74, 6) is 3.95. The summed E-state index contributed by atoms with van der Waals surface area (Å²) >= 11 is 0. The van der Waals surface area contributed by atoms with Gasteiger partial charge in [0.05, 0.1) is 0 Å². The van der Waals surface area contributed by atoms with Crippen LogP contribution in [0.5, 0.6) is 0 Å². The summed E-state index contributed by atoms with van der Waals surface area (Å²) in [6.45, 7) is 2.33. The molecule has 0 heteroatoms. The topological polar surface area (TPSA) is 0 Å². The molecule has 3 aliphatic carbocycles. The molecule has 3 aliphatic rings. The SMILES string of the molecule is C[C]1C2CCC1C2. The van der Waals surface area contributed by atoms with Gasteiger partial charge in [0, 0.05) is 0 Å². The lowest BCUT2D eigenvalue weighted by atomic mass is 9.74. The maximum absolute atomic E-state index is 2.33. The Balaban J connectivity index is 2.14. The zero-order chi connectivity index (χ0) is 4.85. The molecule has 2 atom stereocenters. The van der Waals surface area contributed by atoms with Gasteiger partial charge in [-0.3, -0.25) is 0 Å². The van der Waals surface area contributed by atoms with E-state index < -0.39 is 0 Å². The lowest BCUT2D eigenvalue weighted by molar-refractivity contribution is 0.358. The van der Waals surface area contributed by atoms with Crippen LogP contribution in [0.1, 0.15) is 26.2 Å². The number of rotatable bonds is 0. The molecular weight excluding hydrogens is 84.1 g/mol. The highest BCUT2D eigenvalue weighted by atomic mass is 14.5. The number of hydrogen-bond donors (Lipinski definition) is 0. The van der Waals surface area contributed by atoms with Gasteiger partial charge in [-0.1, -0.05) is 6.92 Å². The lowest BCUT2D eigenvalue weighted by Crippen LogP contribution is -2.21. The van der Waals surface area contributed by atoms with Gasteiger partial charge < -0.3 is 0 Å². The van der Waals surface area contributed by atoms with Crippen LogP contribution < -0.4 is 0 Å². The van der Waals surface area contributed by atoms with E-state index in [9.17, 15) is 0 Å². The minimum atomic E-state index is 1.07. The number of fused-ring (bicyclic) bond motifs is 1. The minimum Gasteiger partial charge on any atom is -0.0586 e. The molecule has 0 N–H and O–H groups in total. The van der Waals surface area contributed by atoms with Crippen molar-refractivity contribution in [3.8, 4) is 0 Å². The summed E-state index contributed by atoms with van der Waals surface area (Å²) in [4.78, 5) is 0. The molecular formula is C7H11. The maximum Gasteiger partial charge on any atom is -0.0210 e. The molecule has 2 unspecified atom stereocenters. The Hall–Kier alpha value is 0. The predicted octanol–water partition coefficient (Wildman–Crippen LogP) is 2.01. The molecule has 3 rings (SSSR count). The Morgan fingerprint density at radius 1 is 1.29 bits per heavy atom. The quantitative estimate of drug-likeness (QED) is 0.431. The molecule has 0 aliphatic heterocycles. The molecule has 0 aromatic rings. The Labute approximate surface area is 44.9 Å². The van der Waals surface area contributed by atoms with Crippen molar-refractivity contribution in [2.45, 2.75) is 26.2 Å². The van der Waals surface area contributed by atoms with Gasteiger partial charge in [-0.2, -0.15) is 0 Å². The van der Waals surface area contributed by atoms with Crippen molar-refractivity contribution >= 4 is 0 Å². The molecule has 3 saturated carbocycles. The van der Waals surface area contributed by atoms with E-state index in [1.54, 1.807) is 5.92 Å². The fraction of sp³-hybridized carbons (Fsp3) is 0.857. The van der Waals surface area contributed by atoms with E-state index in [0.717, 1.165) is 11.8 Å². The Kier molecular flexibility index (Phi) is 0.586. The summed E-state index contributed by atoms with van der Waals surface area (Å²) in [5, 5.41) is 0. The van der Waals surface area contributed by atoms with Crippen molar-refractivity contribution in [2.75, 3.05) is 0 Å². The summed E-state index contributed by atoms with van der Waals surface area (Å²) < 4.78 is 0. The molecule has 0 nitrogen and oxygen atoms in total. The fourth-order valence-corrected chi connectivity index (χ4v) is 1.98. The highest BCUT2D eigenvalue weighted by Gasteiger charge is 2.43. The summed E-state index contributed by atoms with van der Waals surface area (Å²) in [7, 11) is 0. The van der Waals surface area contributed by atoms with Crippen molar-refractivity contribution in [1.82, 2.24) is 0 Å². The molecule has 0 aromatic heterocycles. The van der Waals surface area contributed by atoms with Crippen LogP contribution in [0.3, 0.4) is 0 Å². The normalized spacial score (nSPS) is 49.3. The van der Waals surface area contributed by atoms with Crippen LogP contribution in [-0.2, 0) is 0 Å². The molecule has 7 heavy (non-hydrogen) atoms. The second kappa shape index (κ2) is 1.04. The van der Waals surface area contributed by atoms with E-state index in [-0.39, 0.29) is 0 Å². The summed E-state index contributed by atoms with van der Waals surface area (Å²) in [6.07, 6.45) is 4.55. The van der Waals surface area contributed by atoms with Gasteiger partial charge in [0.1, 0.15) is 0 Å². The first-order valence-corrected chi connectivity index (χ1v) is 3.21.